The third-order valence-corrected chi connectivity index (χ3v) is 4.47. The summed E-state index contributed by atoms with van der Waals surface area (Å²) >= 11 is 0. The summed E-state index contributed by atoms with van der Waals surface area (Å²) in [6.07, 6.45) is 0. The van der Waals surface area contributed by atoms with E-state index in [1.807, 2.05) is 77.9 Å². The molecular weight excluding hydrogens is 378 g/mol. The van der Waals surface area contributed by atoms with Gasteiger partial charge in [-0.3, -0.25) is 4.79 Å². The third-order valence-electron chi connectivity index (χ3n) is 4.47. The summed E-state index contributed by atoms with van der Waals surface area (Å²) < 4.78 is 5.79. The van der Waals surface area contributed by atoms with Crippen LogP contribution in [0.3, 0.4) is 0 Å². The van der Waals surface area contributed by atoms with Gasteiger partial charge in [0.05, 0.1) is 18.8 Å². The first-order chi connectivity index (χ1) is 14.0. The Hall–Kier alpha value is -2.86. The van der Waals surface area contributed by atoms with Gasteiger partial charge in [0.25, 0.3) is 0 Å². The molecule has 0 heterocycles. The van der Waals surface area contributed by atoms with Crippen molar-refractivity contribution < 1.29 is 14.3 Å². The molecule has 0 saturated carbocycles. The largest absolute Gasteiger partial charge is 0.371 e. The van der Waals surface area contributed by atoms with Crippen LogP contribution in [0.2, 0.25) is 0 Å². The molecule has 0 spiro atoms. The Morgan fingerprint density at radius 2 is 1.57 bits per heavy atom. The van der Waals surface area contributed by atoms with Crippen molar-refractivity contribution >= 4 is 17.6 Å². The molecule has 2 aromatic rings. The zero-order valence-corrected chi connectivity index (χ0v) is 18.8. The lowest BCUT2D eigenvalue weighted by atomic mass is 10.1. The first kappa shape index (κ1) is 23.4. The topological polar surface area (TPSA) is 79.5 Å². The summed E-state index contributed by atoms with van der Waals surface area (Å²) in [5.41, 5.74) is 5.76. The lowest BCUT2D eigenvalue weighted by Crippen LogP contribution is -2.39. The molecule has 6 heteroatoms. The van der Waals surface area contributed by atoms with E-state index in [1.165, 1.54) is 0 Å². The standard InChI is InChI=1S/C24H33N3O3/c1-16-10-17(2)22(18(3)11-16)27-21(28)14-26-23(29)25-13-19-8-7-9-20(12-19)15-30-24(4,5)6/h7-12H,13-15H2,1-6H3,(H,27,28)(H2,25,26,29). The van der Waals surface area contributed by atoms with E-state index < -0.39 is 0 Å². The molecule has 0 aliphatic carbocycles. The van der Waals surface area contributed by atoms with Gasteiger partial charge in [-0.1, -0.05) is 42.0 Å². The summed E-state index contributed by atoms with van der Waals surface area (Å²) in [5, 5.41) is 8.25. The summed E-state index contributed by atoms with van der Waals surface area (Å²) in [4.78, 5) is 24.3. The van der Waals surface area contributed by atoms with Crippen LogP contribution in [-0.2, 0) is 22.7 Å². The lowest BCUT2D eigenvalue weighted by Gasteiger charge is -2.19. The average Bonchev–Trinajstić information content (AvgIpc) is 2.65. The summed E-state index contributed by atoms with van der Waals surface area (Å²) in [6, 6.07) is 11.5. The fourth-order valence-corrected chi connectivity index (χ4v) is 3.10. The number of hydrogen-bond acceptors (Lipinski definition) is 3. The van der Waals surface area contributed by atoms with Crippen LogP contribution in [0.15, 0.2) is 36.4 Å². The highest BCUT2D eigenvalue weighted by Gasteiger charge is 2.11. The molecule has 162 valence electrons. The van der Waals surface area contributed by atoms with Gasteiger partial charge in [-0.15, -0.1) is 0 Å². The second-order valence-corrected chi connectivity index (χ2v) is 8.58. The van der Waals surface area contributed by atoms with E-state index in [2.05, 4.69) is 16.0 Å². The number of carbonyl (C=O) groups is 2. The molecule has 0 atom stereocenters. The van der Waals surface area contributed by atoms with Crippen LogP contribution >= 0.6 is 0 Å². The van der Waals surface area contributed by atoms with Gasteiger partial charge in [0.1, 0.15) is 0 Å². The van der Waals surface area contributed by atoms with Gasteiger partial charge in [-0.25, -0.2) is 4.79 Å². The van der Waals surface area contributed by atoms with E-state index in [-0.39, 0.29) is 24.1 Å². The van der Waals surface area contributed by atoms with Crippen LogP contribution in [0.1, 0.15) is 48.6 Å². The molecule has 0 radical (unpaired) electrons. The third kappa shape index (κ3) is 7.87. The summed E-state index contributed by atoms with van der Waals surface area (Å²) in [7, 11) is 0. The Bertz CT molecular complexity index is 878. The molecule has 30 heavy (non-hydrogen) atoms. The van der Waals surface area contributed by atoms with Crippen molar-refractivity contribution in [1.82, 2.24) is 10.6 Å². The molecule has 0 bridgehead atoms. The van der Waals surface area contributed by atoms with Gasteiger partial charge in [0.15, 0.2) is 0 Å². The molecule has 0 saturated heterocycles. The highest BCUT2D eigenvalue weighted by Crippen LogP contribution is 2.21. The van der Waals surface area contributed by atoms with Crippen LogP contribution < -0.4 is 16.0 Å². The molecule has 3 N–H and O–H groups in total. The summed E-state index contributed by atoms with van der Waals surface area (Å²) in [6.45, 7) is 12.8. The molecule has 2 aromatic carbocycles. The van der Waals surface area contributed by atoms with E-state index in [0.717, 1.165) is 33.5 Å². The second-order valence-electron chi connectivity index (χ2n) is 8.58. The molecule has 0 aromatic heterocycles. The van der Waals surface area contributed by atoms with Crippen molar-refractivity contribution in [3.63, 3.8) is 0 Å². The predicted molar refractivity (Wildman–Crippen MR) is 121 cm³/mol. The zero-order chi connectivity index (χ0) is 22.3. The Balaban J connectivity index is 1.79. The maximum Gasteiger partial charge on any atom is 0.315 e. The van der Waals surface area contributed by atoms with Crippen LogP contribution in [-0.4, -0.2) is 24.1 Å². The molecule has 0 unspecified atom stereocenters. The predicted octanol–water partition coefficient (Wildman–Crippen LogP) is 4.36. The Kier molecular flexibility index (Phi) is 8.00. The Labute approximate surface area is 179 Å². The van der Waals surface area contributed by atoms with Crippen LogP contribution in [0.25, 0.3) is 0 Å². The number of nitrogens with one attached hydrogen (secondary N) is 3. The maximum atomic E-state index is 12.2. The molecule has 0 fully saturated rings. The van der Waals surface area contributed by atoms with Gasteiger partial charge >= 0.3 is 6.03 Å². The van der Waals surface area contributed by atoms with Crippen molar-refractivity contribution in [2.45, 2.75) is 60.3 Å². The highest BCUT2D eigenvalue weighted by molar-refractivity contribution is 5.95. The SMILES string of the molecule is Cc1cc(C)c(NC(=O)CNC(=O)NCc2cccc(COC(C)(C)C)c2)c(C)c1. The van der Waals surface area contributed by atoms with Crippen molar-refractivity contribution in [2.75, 3.05) is 11.9 Å². The zero-order valence-electron chi connectivity index (χ0n) is 18.8. The van der Waals surface area contributed by atoms with Gasteiger partial charge in [-0.2, -0.15) is 0 Å². The van der Waals surface area contributed by atoms with Crippen LogP contribution in [0.5, 0.6) is 0 Å². The quantitative estimate of drug-likeness (QED) is 0.633. The van der Waals surface area contributed by atoms with E-state index in [4.69, 9.17) is 4.74 Å². The molecule has 2 rings (SSSR count). The maximum absolute atomic E-state index is 12.2. The van der Waals surface area contributed by atoms with E-state index >= 15 is 0 Å². The average molecular weight is 412 g/mol. The normalized spacial score (nSPS) is 11.1. The first-order valence-electron chi connectivity index (χ1n) is 10.1. The number of anilines is 1. The molecule has 0 aliphatic heterocycles. The Morgan fingerprint density at radius 1 is 0.933 bits per heavy atom. The lowest BCUT2D eigenvalue weighted by molar-refractivity contribution is -0.115. The van der Waals surface area contributed by atoms with Gasteiger partial charge in [-0.05, 0) is 63.8 Å². The number of rotatable bonds is 7. The molecule has 0 aliphatic rings. The van der Waals surface area contributed by atoms with Crippen LogP contribution in [0, 0.1) is 20.8 Å². The minimum atomic E-state index is -0.390. The fourth-order valence-electron chi connectivity index (χ4n) is 3.10. The second kappa shape index (κ2) is 10.3. The minimum Gasteiger partial charge on any atom is -0.371 e. The minimum absolute atomic E-state index is 0.0992. The first-order valence-corrected chi connectivity index (χ1v) is 10.1. The van der Waals surface area contributed by atoms with Gasteiger partial charge in [0.2, 0.25) is 5.91 Å². The van der Waals surface area contributed by atoms with Crippen molar-refractivity contribution in [3.05, 3.63) is 64.2 Å². The number of ether oxygens (including phenoxy) is 1. The number of carbonyl (C=O) groups excluding carboxylic acids is 2. The van der Waals surface area contributed by atoms with Crippen molar-refractivity contribution in [1.29, 1.82) is 0 Å². The molecule has 6 nitrogen and oxygen atoms in total. The smallest absolute Gasteiger partial charge is 0.315 e. The monoisotopic (exact) mass is 411 g/mol. The van der Waals surface area contributed by atoms with E-state index in [9.17, 15) is 9.59 Å². The number of urea groups is 1. The highest BCUT2D eigenvalue weighted by atomic mass is 16.5. The van der Waals surface area contributed by atoms with Crippen LogP contribution in [0.4, 0.5) is 10.5 Å². The fraction of sp³-hybridized carbons (Fsp3) is 0.417. The molecular formula is C24H33N3O3. The molecule has 3 amide bonds. The Morgan fingerprint density at radius 3 is 2.20 bits per heavy atom. The van der Waals surface area contributed by atoms with Gasteiger partial charge < -0.3 is 20.7 Å². The van der Waals surface area contributed by atoms with Crippen molar-refractivity contribution in [2.24, 2.45) is 0 Å². The number of benzene rings is 2. The van der Waals surface area contributed by atoms with Crippen molar-refractivity contribution in [3.8, 4) is 0 Å². The van der Waals surface area contributed by atoms with Gasteiger partial charge in [0, 0.05) is 12.2 Å². The number of amides is 3. The number of hydrogen-bond donors (Lipinski definition) is 3. The number of aryl methyl sites for hydroxylation is 3. The van der Waals surface area contributed by atoms with E-state index in [1.54, 1.807) is 0 Å². The summed E-state index contributed by atoms with van der Waals surface area (Å²) in [5.74, 6) is -0.262. The van der Waals surface area contributed by atoms with E-state index in [0.29, 0.717) is 13.2 Å².